The first kappa shape index (κ1) is 17.6. The molecule has 1 aromatic carbocycles. The zero-order valence-electron chi connectivity index (χ0n) is 13.5. The Labute approximate surface area is 138 Å². The van der Waals surface area contributed by atoms with Gasteiger partial charge in [0.05, 0.1) is 31.4 Å². The predicted molar refractivity (Wildman–Crippen MR) is 82.1 cm³/mol. The fraction of sp³-hybridized carbons (Fsp3) is 0.375. The van der Waals surface area contributed by atoms with Gasteiger partial charge in [-0.3, -0.25) is 9.59 Å². The van der Waals surface area contributed by atoms with E-state index in [1.807, 2.05) is 0 Å². The van der Waals surface area contributed by atoms with Crippen molar-refractivity contribution in [2.45, 2.75) is 19.4 Å². The molecule has 2 rings (SSSR count). The Morgan fingerprint density at radius 2 is 1.92 bits per heavy atom. The van der Waals surface area contributed by atoms with Crippen molar-refractivity contribution in [3.63, 3.8) is 0 Å². The molecule has 0 saturated carbocycles. The summed E-state index contributed by atoms with van der Waals surface area (Å²) >= 11 is 0. The number of carbonyl (C=O) groups excluding carboxylic acids is 4. The van der Waals surface area contributed by atoms with E-state index in [1.54, 1.807) is 6.92 Å². The van der Waals surface area contributed by atoms with Crippen LogP contribution in [0, 0.1) is 0 Å². The lowest BCUT2D eigenvalue weighted by atomic mass is 10.2. The largest absolute Gasteiger partial charge is 0.465 e. The number of hydrogen-bond donors (Lipinski definition) is 1. The molecule has 0 unspecified atom stereocenters. The Morgan fingerprint density at radius 3 is 2.50 bits per heavy atom. The smallest absolute Gasteiger partial charge is 0.361 e. The average molecular weight is 335 g/mol. The van der Waals surface area contributed by atoms with E-state index in [2.05, 4.69) is 4.74 Å². The second-order valence-corrected chi connectivity index (χ2v) is 5.16. The zero-order chi connectivity index (χ0) is 17.7. The average Bonchev–Trinajstić information content (AvgIpc) is 2.87. The number of anilines is 1. The van der Waals surface area contributed by atoms with Crippen LogP contribution in [0.15, 0.2) is 24.3 Å². The highest BCUT2D eigenvalue weighted by molar-refractivity contribution is 6.21. The molecule has 0 aliphatic carbocycles. The minimum absolute atomic E-state index is 0.00938. The first-order valence-corrected chi connectivity index (χ1v) is 7.52. The molecule has 2 N–H and O–H groups in total. The van der Waals surface area contributed by atoms with E-state index < -0.39 is 23.9 Å². The molecular formula is C16H19N2O6+. The van der Waals surface area contributed by atoms with Crippen LogP contribution in [0.3, 0.4) is 0 Å². The second kappa shape index (κ2) is 7.69. The van der Waals surface area contributed by atoms with Crippen LogP contribution in [0.2, 0.25) is 0 Å². The van der Waals surface area contributed by atoms with Crippen molar-refractivity contribution in [2.75, 3.05) is 25.2 Å². The minimum atomic E-state index is -0.652. The summed E-state index contributed by atoms with van der Waals surface area (Å²) in [5.74, 6) is -1.68. The van der Waals surface area contributed by atoms with Gasteiger partial charge < -0.3 is 14.8 Å². The van der Waals surface area contributed by atoms with Gasteiger partial charge in [-0.15, -0.1) is 0 Å². The Morgan fingerprint density at radius 1 is 1.25 bits per heavy atom. The number of esters is 2. The minimum Gasteiger partial charge on any atom is -0.465 e. The number of ether oxygens (including phenoxy) is 2. The SMILES string of the molecule is CCOC(=O)c1ccc(N2C(=O)C[C@H]([NH2+]CC(=O)OC)C2=O)cc1. The molecule has 0 bridgehead atoms. The highest BCUT2D eigenvalue weighted by atomic mass is 16.5. The molecule has 24 heavy (non-hydrogen) atoms. The molecule has 0 spiro atoms. The number of nitrogens with zero attached hydrogens (tertiary/aromatic N) is 1. The summed E-state index contributed by atoms with van der Waals surface area (Å²) in [5.41, 5.74) is 0.723. The van der Waals surface area contributed by atoms with Crippen LogP contribution < -0.4 is 10.2 Å². The third kappa shape index (κ3) is 3.77. The molecule has 8 heteroatoms. The van der Waals surface area contributed by atoms with Crippen LogP contribution in [-0.4, -0.2) is 50.1 Å². The number of imide groups is 1. The number of carbonyl (C=O) groups is 4. The van der Waals surface area contributed by atoms with E-state index in [9.17, 15) is 19.2 Å². The number of quaternary nitrogens is 1. The zero-order valence-corrected chi connectivity index (χ0v) is 13.5. The third-order valence-corrected chi connectivity index (χ3v) is 3.61. The van der Waals surface area contributed by atoms with Crippen molar-refractivity contribution in [3.05, 3.63) is 29.8 Å². The molecule has 2 amide bonds. The Kier molecular flexibility index (Phi) is 5.64. The summed E-state index contributed by atoms with van der Waals surface area (Å²) in [6.45, 7) is 1.94. The summed E-state index contributed by atoms with van der Waals surface area (Å²) in [4.78, 5) is 48.3. The Balaban J connectivity index is 2.08. The topological polar surface area (TPSA) is 107 Å². The van der Waals surface area contributed by atoms with E-state index >= 15 is 0 Å². The van der Waals surface area contributed by atoms with Crippen molar-refractivity contribution in [1.29, 1.82) is 0 Å². The highest BCUT2D eigenvalue weighted by Crippen LogP contribution is 2.22. The molecule has 0 radical (unpaired) electrons. The Hall–Kier alpha value is -2.74. The molecule has 1 aliphatic heterocycles. The van der Waals surface area contributed by atoms with Crippen LogP contribution in [0.25, 0.3) is 0 Å². The molecule has 0 aromatic heterocycles. The quantitative estimate of drug-likeness (QED) is 0.540. The third-order valence-electron chi connectivity index (χ3n) is 3.61. The number of benzene rings is 1. The lowest BCUT2D eigenvalue weighted by molar-refractivity contribution is -0.665. The van der Waals surface area contributed by atoms with Crippen molar-refractivity contribution in [1.82, 2.24) is 0 Å². The summed E-state index contributed by atoms with van der Waals surface area (Å²) in [6.07, 6.45) is 0.00938. The van der Waals surface area contributed by atoms with Gasteiger partial charge in [-0.05, 0) is 31.2 Å². The predicted octanol–water partition coefficient (Wildman–Crippen LogP) is -0.768. The number of rotatable bonds is 6. The van der Waals surface area contributed by atoms with Crippen LogP contribution in [-0.2, 0) is 23.9 Å². The van der Waals surface area contributed by atoms with Crippen LogP contribution in [0.4, 0.5) is 5.69 Å². The molecule has 1 aliphatic rings. The van der Waals surface area contributed by atoms with Gasteiger partial charge in [0.15, 0.2) is 12.6 Å². The lowest BCUT2D eigenvalue weighted by Crippen LogP contribution is -2.93. The van der Waals surface area contributed by atoms with Gasteiger partial charge in [0.2, 0.25) is 5.91 Å². The molecule has 128 valence electrons. The van der Waals surface area contributed by atoms with Gasteiger partial charge in [0.1, 0.15) is 0 Å². The van der Waals surface area contributed by atoms with Gasteiger partial charge >= 0.3 is 11.9 Å². The van der Waals surface area contributed by atoms with Gasteiger partial charge in [0.25, 0.3) is 5.91 Å². The summed E-state index contributed by atoms with van der Waals surface area (Å²) in [7, 11) is 1.26. The summed E-state index contributed by atoms with van der Waals surface area (Å²) in [5, 5.41) is 1.49. The number of nitrogens with two attached hydrogens (primary N) is 1. The molecule has 1 saturated heterocycles. The Bertz CT molecular complexity index is 655. The molecule has 1 fully saturated rings. The van der Waals surface area contributed by atoms with E-state index in [4.69, 9.17) is 4.74 Å². The number of amides is 2. The number of hydrogen-bond acceptors (Lipinski definition) is 6. The van der Waals surface area contributed by atoms with Crippen LogP contribution >= 0.6 is 0 Å². The fourth-order valence-electron chi connectivity index (χ4n) is 2.39. The summed E-state index contributed by atoms with van der Waals surface area (Å²) < 4.78 is 9.40. The first-order chi connectivity index (χ1) is 11.5. The van der Waals surface area contributed by atoms with E-state index in [1.165, 1.54) is 36.7 Å². The van der Waals surface area contributed by atoms with E-state index in [-0.39, 0.29) is 25.5 Å². The summed E-state index contributed by atoms with van der Waals surface area (Å²) in [6, 6.07) is 5.38. The second-order valence-electron chi connectivity index (χ2n) is 5.16. The van der Waals surface area contributed by atoms with Gasteiger partial charge in [-0.25, -0.2) is 14.5 Å². The standard InChI is InChI=1S/C16H18N2O6/c1-3-24-16(22)10-4-6-11(7-5-10)18-13(19)8-12(15(18)21)17-9-14(20)23-2/h4-7,12,17H,3,8-9H2,1-2H3/p+1/t12-/m0/s1. The maximum Gasteiger partial charge on any atom is 0.361 e. The van der Waals surface area contributed by atoms with Crippen molar-refractivity contribution in [2.24, 2.45) is 0 Å². The van der Waals surface area contributed by atoms with Crippen LogP contribution in [0.1, 0.15) is 23.7 Å². The highest BCUT2D eigenvalue weighted by Gasteiger charge is 2.42. The molecular weight excluding hydrogens is 316 g/mol. The molecule has 8 nitrogen and oxygen atoms in total. The monoisotopic (exact) mass is 335 g/mol. The fourth-order valence-corrected chi connectivity index (χ4v) is 2.39. The van der Waals surface area contributed by atoms with Gasteiger partial charge in [0, 0.05) is 0 Å². The van der Waals surface area contributed by atoms with Crippen molar-refractivity contribution in [3.8, 4) is 0 Å². The maximum absolute atomic E-state index is 12.4. The molecule has 1 atom stereocenters. The van der Waals surface area contributed by atoms with Gasteiger partial charge in [-0.2, -0.15) is 0 Å². The maximum atomic E-state index is 12.4. The normalized spacial score (nSPS) is 17.1. The van der Waals surface area contributed by atoms with E-state index in [0.717, 1.165) is 4.90 Å². The van der Waals surface area contributed by atoms with Crippen molar-refractivity contribution >= 4 is 29.4 Å². The van der Waals surface area contributed by atoms with Crippen LogP contribution in [0.5, 0.6) is 0 Å². The molecule has 1 heterocycles. The number of methoxy groups -OCH3 is 1. The first-order valence-electron chi connectivity index (χ1n) is 7.52. The van der Waals surface area contributed by atoms with E-state index in [0.29, 0.717) is 11.3 Å². The lowest BCUT2D eigenvalue weighted by Gasteiger charge is -2.14. The van der Waals surface area contributed by atoms with Crippen molar-refractivity contribution < 1.29 is 34.0 Å². The molecule has 1 aromatic rings. The van der Waals surface area contributed by atoms with Gasteiger partial charge in [-0.1, -0.05) is 0 Å².